The van der Waals surface area contributed by atoms with Crippen LogP contribution in [-0.2, 0) is 16.0 Å². The lowest BCUT2D eigenvalue weighted by atomic mass is 9.95. The molecule has 7 nitrogen and oxygen atoms in total. The summed E-state index contributed by atoms with van der Waals surface area (Å²) in [5.74, 6) is -1.27. The number of carbonyl (C=O) groups excluding carboxylic acids is 1. The first-order valence-electron chi connectivity index (χ1n) is 7.57. The minimum Gasteiger partial charge on any atom is -0.465 e. The molecule has 2 rings (SSSR count). The molecule has 1 N–H and O–H groups in total. The monoisotopic (exact) mass is 330 g/mol. The van der Waals surface area contributed by atoms with Gasteiger partial charge in [0.15, 0.2) is 0 Å². The lowest BCUT2D eigenvalue weighted by Crippen LogP contribution is -2.20. The number of nitro groups is 1. The fourth-order valence-corrected chi connectivity index (χ4v) is 2.64. The number of hydrogen-bond acceptors (Lipinski definition) is 6. The maximum atomic E-state index is 11.9. The molecule has 1 unspecified atom stereocenters. The van der Waals surface area contributed by atoms with E-state index in [1.165, 1.54) is 6.07 Å². The standard InChI is InChI=1S/C17H18N2O5/c1-2-24-17(20)13(11-18-21)7-9-15-14-6-4-3-5-12(14)8-10-16(15)19(22)23/h3-6,8,10-11,13,21H,2,7,9H2,1H3/b18-11-. The molecule has 24 heavy (non-hydrogen) atoms. The summed E-state index contributed by atoms with van der Waals surface area (Å²) in [6, 6.07) is 10.5. The Bertz CT molecular complexity index is 773. The number of nitro benzene ring substituents is 1. The number of rotatable bonds is 7. The summed E-state index contributed by atoms with van der Waals surface area (Å²) in [6.07, 6.45) is 1.62. The van der Waals surface area contributed by atoms with Crippen molar-refractivity contribution < 1.29 is 19.7 Å². The van der Waals surface area contributed by atoms with Gasteiger partial charge in [-0.3, -0.25) is 14.9 Å². The van der Waals surface area contributed by atoms with E-state index in [-0.39, 0.29) is 25.1 Å². The van der Waals surface area contributed by atoms with E-state index in [1.807, 2.05) is 24.3 Å². The van der Waals surface area contributed by atoms with Gasteiger partial charge in [-0.1, -0.05) is 24.3 Å². The molecule has 0 fully saturated rings. The van der Waals surface area contributed by atoms with Gasteiger partial charge in [0.05, 0.1) is 23.7 Å². The molecule has 0 amide bonds. The highest BCUT2D eigenvalue weighted by Gasteiger charge is 2.22. The summed E-state index contributed by atoms with van der Waals surface area (Å²) in [4.78, 5) is 22.8. The fraction of sp³-hybridized carbons (Fsp3) is 0.294. The number of fused-ring (bicyclic) bond motifs is 1. The molecule has 2 aromatic carbocycles. The number of aryl methyl sites for hydroxylation is 1. The quantitative estimate of drug-likeness (QED) is 0.276. The van der Waals surface area contributed by atoms with Crippen LogP contribution in [0.2, 0.25) is 0 Å². The Morgan fingerprint density at radius 3 is 2.79 bits per heavy atom. The zero-order chi connectivity index (χ0) is 17.5. The topological polar surface area (TPSA) is 102 Å². The lowest BCUT2D eigenvalue weighted by Gasteiger charge is -2.12. The van der Waals surface area contributed by atoms with E-state index in [9.17, 15) is 14.9 Å². The summed E-state index contributed by atoms with van der Waals surface area (Å²) in [5, 5.41) is 24.6. The number of benzene rings is 2. The fourth-order valence-electron chi connectivity index (χ4n) is 2.64. The molecule has 2 aromatic rings. The third kappa shape index (κ3) is 3.87. The zero-order valence-electron chi connectivity index (χ0n) is 13.2. The van der Waals surface area contributed by atoms with Gasteiger partial charge in [0, 0.05) is 11.6 Å². The van der Waals surface area contributed by atoms with Crippen LogP contribution < -0.4 is 0 Å². The van der Waals surface area contributed by atoms with E-state index in [0.717, 1.165) is 17.0 Å². The Morgan fingerprint density at radius 1 is 1.38 bits per heavy atom. The molecule has 0 aliphatic rings. The predicted octanol–water partition coefficient (Wildman–Crippen LogP) is 3.32. The number of ether oxygens (including phenoxy) is 1. The normalized spacial score (nSPS) is 12.4. The van der Waals surface area contributed by atoms with Crippen LogP contribution in [-0.4, -0.2) is 28.9 Å². The lowest BCUT2D eigenvalue weighted by molar-refractivity contribution is -0.385. The smallest absolute Gasteiger partial charge is 0.314 e. The third-order valence-electron chi connectivity index (χ3n) is 3.75. The van der Waals surface area contributed by atoms with Crippen LogP contribution in [0.3, 0.4) is 0 Å². The van der Waals surface area contributed by atoms with Crippen LogP contribution >= 0.6 is 0 Å². The van der Waals surface area contributed by atoms with Crippen molar-refractivity contribution in [1.82, 2.24) is 0 Å². The molecule has 0 aliphatic carbocycles. The van der Waals surface area contributed by atoms with E-state index in [4.69, 9.17) is 9.94 Å². The second kappa shape index (κ2) is 8.05. The Kier molecular flexibility index (Phi) is 5.83. The van der Waals surface area contributed by atoms with Gasteiger partial charge in [0.2, 0.25) is 0 Å². The SMILES string of the molecule is CCOC(=O)C(/C=N\O)CCc1c([N+](=O)[O-])ccc2ccccc12. The first kappa shape index (κ1) is 17.4. The van der Waals surface area contributed by atoms with Gasteiger partial charge in [-0.2, -0.15) is 0 Å². The van der Waals surface area contributed by atoms with Gasteiger partial charge >= 0.3 is 5.97 Å². The number of hydrogen-bond donors (Lipinski definition) is 1. The Morgan fingerprint density at radius 2 is 2.12 bits per heavy atom. The molecule has 0 heterocycles. The van der Waals surface area contributed by atoms with Crippen molar-refractivity contribution in [1.29, 1.82) is 0 Å². The van der Waals surface area contributed by atoms with E-state index in [2.05, 4.69) is 5.16 Å². The van der Waals surface area contributed by atoms with Crippen molar-refractivity contribution >= 4 is 28.6 Å². The summed E-state index contributed by atoms with van der Waals surface area (Å²) in [7, 11) is 0. The van der Waals surface area contributed by atoms with Gasteiger partial charge in [-0.05, 0) is 36.6 Å². The van der Waals surface area contributed by atoms with Gasteiger partial charge in [-0.15, -0.1) is 5.16 Å². The van der Waals surface area contributed by atoms with Crippen molar-refractivity contribution in [2.45, 2.75) is 19.8 Å². The summed E-state index contributed by atoms with van der Waals surface area (Å²) >= 11 is 0. The minimum atomic E-state index is -0.756. The summed E-state index contributed by atoms with van der Waals surface area (Å²) in [5.41, 5.74) is 0.566. The number of carbonyl (C=O) groups is 1. The molecule has 0 spiro atoms. The van der Waals surface area contributed by atoms with E-state index in [0.29, 0.717) is 5.56 Å². The largest absolute Gasteiger partial charge is 0.465 e. The minimum absolute atomic E-state index is 0.0113. The molecule has 0 bridgehead atoms. The summed E-state index contributed by atoms with van der Waals surface area (Å²) < 4.78 is 4.94. The Hall–Kier alpha value is -2.96. The van der Waals surface area contributed by atoms with Crippen LogP contribution in [0.25, 0.3) is 10.8 Å². The first-order valence-corrected chi connectivity index (χ1v) is 7.57. The van der Waals surface area contributed by atoms with Crippen LogP contribution in [0.1, 0.15) is 18.9 Å². The highest BCUT2D eigenvalue weighted by molar-refractivity contribution is 5.91. The van der Waals surface area contributed by atoms with Gasteiger partial charge in [-0.25, -0.2) is 0 Å². The van der Waals surface area contributed by atoms with Crippen LogP contribution in [0.5, 0.6) is 0 Å². The third-order valence-corrected chi connectivity index (χ3v) is 3.75. The van der Waals surface area contributed by atoms with E-state index >= 15 is 0 Å². The van der Waals surface area contributed by atoms with Gasteiger partial charge < -0.3 is 9.94 Å². The Labute approximate surface area is 138 Å². The van der Waals surface area contributed by atoms with Crippen molar-refractivity contribution in [2.75, 3.05) is 6.61 Å². The number of esters is 1. The number of oxime groups is 1. The van der Waals surface area contributed by atoms with Crippen molar-refractivity contribution in [2.24, 2.45) is 11.1 Å². The van der Waals surface area contributed by atoms with E-state index < -0.39 is 16.8 Å². The maximum Gasteiger partial charge on any atom is 0.314 e. The van der Waals surface area contributed by atoms with E-state index in [1.54, 1.807) is 13.0 Å². The van der Waals surface area contributed by atoms with Crippen LogP contribution in [0.4, 0.5) is 5.69 Å². The highest BCUT2D eigenvalue weighted by atomic mass is 16.6. The number of nitrogens with zero attached hydrogens (tertiary/aromatic N) is 2. The maximum absolute atomic E-state index is 11.9. The van der Waals surface area contributed by atoms with Crippen molar-refractivity contribution in [3.8, 4) is 0 Å². The van der Waals surface area contributed by atoms with Crippen molar-refractivity contribution in [3.63, 3.8) is 0 Å². The van der Waals surface area contributed by atoms with Crippen LogP contribution in [0, 0.1) is 16.0 Å². The summed E-state index contributed by atoms with van der Waals surface area (Å²) in [6.45, 7) is 1.89. The second-order valence-corrected chi connectivity index (χ2v) is 5.20. The highest BCUT2D eigenvalue weighted by Crippen LogP contribution is 2.29. The Balaban J connectivity index is 2.35. The van der Waals surface area contributed by atoms with Gasteiger partial charge in [0.25, 0.3) is 5.69 Å². The molecule has 0 aliphatic heterocycles. The molecule has 126 valence electrons. The molecule has 0 aromatic heterocycles. The average molecular weight is 330 g/mol. The molecule has 0 radical (unpaired) electrons. The predicted molar refractivity (Wildman–Crippen MR) is 89.3 cm³/mol. The zero-order valence-corrected chi connectivity index (χ0v) is 13.2. The molecule has 0 saturated carbocycles. The molecular formula is C17H18N2O5. The first-order chi connectivity index (χ1) is 11.6. The second-order valence-electron chi connectivity index (χ2n) is 5.20. The van der Waals surface area contributed by atoms with Crippen molar-refractivity contribution in [3.05, 3.63) is 52.1 Å². The van der Waals surface area contributed by atoms with Crippen LogP contribution in [0.15, 0.2) is 41.6 Å². The molecule has 7 heteroatoms. The molecule has 1 atom stereocenters. The average Bonchev–Trinajstić information content (AvgIpc) is 2.58. The molecular weight excluding hydrogens is 312 g/mol. The van der Waals surface area contributed by atoms with Gasteiger partial charge in [0.1, 0.15) is 0 Å². The molecule has 0 saturated heterocycles.